The van der Waals surface area contributed by atoms with Crippen LogP contribution in [0.4, 0.5) is 4.39 Å². The fraction of sp³-hybridized carbons (Fsp3) is 0.474. The van der Waals surface area contributed by atoms with Crippen LogP contribution in [0.2, 0.25) is 0 Å². The van der Waals surface area contributed by atoms with Gasteiger partial charge in [0.15, 0.2) is 11.5 Å². The van der Waals surface area contributed by atoms with E-state index in [4.69, 9.17) is 9.47 Å². The molecule has 1 aliphatic rings. The molecule has 0 saturated carbocycles. The van der Waals surface area contributed by atoms with Crippen LogP contribution in [0.3, 0.4) is 0 Å². The van der Waals surface area contributed by atoms with Crippen molar-refractivity contribution in [2.45, 2.75) is 39.5 Å². The van der Waals surface area contributed by atoms with E-state index in [2.05, 4.69) is 15.3 Å². The van der Waals surface area contributed by atoms with Gasteiger partial charge in [-0.1, -0.05) is 6.92 Å². The highest BCUT2D eigenvalue weighted by molar-refractivity contribution is 5.75. The van der Waals surface area contributed by atoms with Crippen LogP contribution in [-0.4, -0.2) is 41.4 Å². The molecule has 1 N–H and O–H groups in total. The first kappa shape index (κ1) is 19.2. The average Bonchev–Trinajstić information content (AvgIpc) is 3.09. The molecular formula is C19H25FN4O3. The van der Waals surface area contributed by atoms with Crippen LogP contribution in [0, 0.1) is 5.82 Å². The zero-order valence-corrected chi connectivity index (χ0v) is 15.9. The second-order valence-electron chi connectivity index (χ2n) is 6.49. The van der Waals surface area contributed by atoms with Gasteiger partial charge < -0.3 is 14.8 Å². The molecule has 0 radical (unpaired) electrons. The molecule has 1 aliphatic heterocycles. The molecule has 0 saturated heterocycles. The van der Waals surface area contributed by atoms with Gasteiger partial charge in [0.2, 0.25) is 5.91 Å². The number of nitrogens with one attached hydrogen (secondary N) is 1. The van der Waals surface area contributed by atoms with Crippen molar-refractivity contribution in [2.24, 2.45) is 0 Å². The average molecular weight is 376 g/mol. The van der Waals surface area contributed by atoms with E-state index in [1.54, 1.807) is 6.07 Å². The predicted molar refractivity (Wildman–Crippen MR) is 98.0 cm³/mol. The number of hydrogen-bond donors (Lipinski definition) is 1. The highest BCUT2D eigenvalue weighted by Gasteiger charge is 2.21. The number of benzene rings is 1. The molecule has 146 valence electrons. The number of amides is 1. The van der Waals surface area contributed by atoms with Gasteiger partial charge in [-0.25, -0.2) is 4.39 Å². The summed E-state index contributed by atoms with van der Waals surface area (Å²) in [5, 5.41) is 7.37. The van der Waals surface area contributed by atoms with Crippen LogP contribution in [0.15, 0.2) is 18.2 Å². The van der Waals surface area contributed by atoms with Crippen molar-refractivity contribution < 1.29 is 18.7 Å². The third kappa shape index (κ3) is 4.39. The van der Waals surface area contributed by atoms with E-state index in [1.165, 1.54) is 20.3 Å². The summed E-state index contributed by atoms with van der Waals surface area (Å²) < 4.78 is 26.8. The second kappa shape index (κ2) is 8.39. The van der Waals surface area contributed by atoms with Crippen LogP contribution in [0.5, 0.6) is 11.5 Å². The Hall–Kier alpha value is -2.61. The standard InChI is InChI=1S/C19H25FN4O3/c1-4-19(25)21-10-14-8-15-12-23(5-6-24(15)22-14)11-13-7-17(26-2)18(27-3)9-16(13)20/h7-9H,4-6,10-12H2,1-3H3,(H,21,25). The van der Waals surface area contributed by atoms with E-state index < -0.39 is 0 Å². The Morgan fingerprint density at radius 3 is 2.67 bits per heavy atom. The second-order valence-corrected chi connectivity index (χ2v) is 6.49. The zero-order chi connectivity index (χ0) is 19.4. The van der Waals surface area contributed by atoms with Crippen molar-refractivity contribution in [3.05, 3.63) is 41.0 Å². The van der Waals surface area contributed by atoms with E-state index >= 15 is 0 Å². The number of hydrogen-bond acceptors (Lipinski definition) is 5. The van der Waals surface area contributed by atoms with Crippen molar-refractivity contribution >= 4 is 5.91 Å². The summed E-state index contributed by atoms with van der Waals surface area (Å²) in [6.45, 7) is 4.88. The summed E-state index contributed by atoms with van der Waals surface area (Å²) in [5.74, 6) is 0.598. The van der Waals surface area contributed by atoms with Gasteiger partial charge in [0.25, 0.3) is 0 Å². The maximum Gasteiger partial charge on any atom is 0.220 e. The van der Waals surface area contributed by atoms with Gasteiger partial charge in [0, 0.05) is 37.7 Å². The molecule has 27 heavy (non-hydrogen) atoms. The minimum absolute atomic E-state index is 0.00604. The quantitative estimate of drug-likeness (QED) is 0.801. The molecule has 0 spiro atoms. The Bertz CT molecular complexity index is 822. The lowest BCUT2D eigenvalue weighted by Gasteiger charge is -2.27. The lowest BCUT2D eigenvalue weighted by Crippen LogP contribution is -2.33. The Morgan fingerprint density at radius 2 is 1.96 bits per heavy atom. The van der Waals surface area contributed by atoms with Gasteiger partial charge >= 0.3 is 0 Å². The number of carbonyl (C=O) groups is 1. The topological polar surface area (TPSA) is 68.6 Å². The number of methoxy groups -OCH3 is 2. The molecule has 0 fully saturated rings. The molecule has 7 nitrogen and oxygen atoms in total. The van der Waals surface area contributed by atoms with Gasteiger partial charge in [-0.05, 0) is 12.1 Å². The first-order valence-corrected chi connectivity index (χ1v) is 8.99. The molecule has 0 atom stereocenters. The highest BCUT2D eigenvalue weighted by atomic mass is 19.1. The van der Waals surface area contributed by atoms with Crippen LogP contribution in [-0.2, 0) is 31.0 Å². The fourth-order valence-corrected chi connectivity index (χ4v) is 3.17. The van der Waals surface area contributed by atoms with Gasteiger partial charge in [-0.15, -0.1) is 0 Å². The monoisotopic (exact) mass is 376 g/mol. The third-order valence-electron chi connectivity index (χ3n) is 4.66. The predicted octanol–water partition coefficient (Wildman–Crippen LogP) is 2.08. The van der Waals surface area contributed by atoms with Gasteiger partial charge in [0.05, 0.1) is 38.7 Å². The largest absolute Gasteiger partial charge is 0.493 e. The Labute approximate surface area is 158 Å². The lowest BCUT2D eigenvalue weighted by molar-refractivity contribution is -0.120. The van der Waals surface area contributed by atoms with Crippen LogP contribution in [0.1, 0.15) is 30.3 Å². The SMILES string of the molecule is CCC(=O)NCc1cc2n(n1)CCN(Cc1cc(OC)c(OC)cc1F)C2. The van der Waals surface area contributed by atoms with E-state index in [0.717, 1.165) is 24.5 Å². The number of carbonyl (C=O) groups excluding carboxylic acids is 1. The summed E-state index contributed by atoms with van der Waals surface area (Å²) >= 11 is 0. The van der Waals surface area contributed by atoms with Crippen molar-refractivity contribution in [1.82, 2.24) is 20.0 Å². The number of ether oxygens (including phenoxy) is 2. The molecular weight excluding hydrogens is 351 g/mol. The Morgan fingerprint density at radius 1 is 1.22 bits per heavy atom. The number of rotatable bonds is 7. The molecule has 3 rings (SSSR count). The zero-order valence-electron chi connectivity index (χ0n) is 15.9. The lowest BCUT2D eigenvalue weighted by atomic mass is 10.1. The molecule has 8 heteroatoms. The molecule has 1 amide bonds. The number of nitrogens with zero attached hydrogens (tertiary/aromatic N) is 3. The van der Waals surface area contributed by atoms with Crippen molar-refractivity contribution in [3.8, 4) is 11.5 Å². The van der Waals surface area contributed by atoms with Gasteiger partial charge in [-0.2, -0.15) is 5.10 Å². The fourth-order valence-electron chi connectivity index (χ4n) is 3.17. The summed E-state index contributed by atoms with van der Waals surface area (Å²) in [5.41, 5.74) is 2.46. The first-order valence-electron chi connectivity index (χ1n) is 8.99. The minimum Gasteiger partial charge on any atom is -0.493 e. The van der Waals surface area contributed by atoms with Crippen molar-refractivity contribution in [3.63, 3.8) is 0 Å². The normalized spacial score (nSPS) is 13.9. The summed E-state index contributed by atoms with van der Waals surface area (Å²) in [7, 11) is 3.03. The molecule has 0 unspecified atom stereocenters. The van der Waals surface area contributed by atoms with Crippen molar-refractivity contribution in [2.75, 3.05) is 20.8 Å². The third-order valence-corrected chi connectivity index (χ3v) is 4.66. The number of fused-ring (bicyclic) bond motifs is 1. The van der Waals surface area contributed by atoms with Crippen LogP contribution in [0.25, 0.3) is 0 Å². The minimum atomic E-state index is -0.310. The van der Waals surface area contributed by atoms with E-state index in [9.17, 15) is 9.18 Å². The summed E-state index contributed by atoms with van der Waals surface area (Å²) in [6.07, 6.45) is 0.457. The summed E-state index contributed by atoms with van der Waals surface area (Å²) in [4.78, 5) is 13.6. The van der Waals surface area contributed by atoms with E-state index in [-0.39, 0.29) is 11.7 Å². The van der Waals surface area contributed by atoms with Crippen LogP contribution >= 0.6 is 0 Å². The highest BCUT2D eigenvalue weighted by Crippen LogP contribution is 2.30. The molecule has 2 heterocycles. The molecule has 0 bridgehead atoms. The Kier molecular flexibility index (Phi) is 5.95. The van der Waals surface area contributed by atoms with Gasteiger partial charge in [0.1, 0.15) is 5.82 Å². The molecule has 1 aromatic carbocycles. The van der Waals surface area contributed by atoms with Crippen LogP contribution < -0.4 is 14.8 Å². The summed E-state index contributed by atoms with van der Waals surface area (Å²) in [6, 6.07) is 5.04. The van der Waals surface area contributed by atoms with Gasteiger partial charge in [-0.3, -0.25) is 14.4 Å². The smallest absolute Gasteiger partial charge is 0.220 e. The maximum atomic E-state index is 14.4. The number of halogens is 1. The first-order chi connectivity index (χ1) is 13.0. The molecule has 1 aromatic heterocycles. The molecule has 2 aromatic rings. The molecule has 0 aliphatic carbocycles. The Balaban J connectivity index is 1.68. The number of aromatic nitrogens is 2. The van der Waals surface area contributed by atoms with E-state index in [1.807, 2.05) is 17.7 Å². The van der Waals surface area contributed by atoms with E-state index in [0.29, 0.717) is 43.1 Å². The van der Waals surface area contributed by atoms with Crippen molar-refractivity contribution in [1.29, 1.82) is 0 Å². The maximum absolute atomic E-state index is 14.4.